The topological polar surface area (TPSA) is 29.5 Å². The Morgan fingerprint density at radius 1 is 1.53 bits per heavy atom. The van der Waals surface area contributed by atoms with E-state index in [0.717, 1.165) is 10.2 Å². The molecule has 80 valence electrons. The summed E-state index contributed by atoms with van der Waals surface area (Å²) in [5.41, 5.74) is 0.859. The predicted octanol–water partition coefficient (Wildman–Crippen LogP) is 3.17. The smallest absolute Gasteiger partial charge is 0.414 e. The minimum Gasteiger partial charge on any atom is -0.443 e. The van der Waals surface area contributed by atoms with E-state index in [1.54, 1.807) is 4.90 Å². The van der Waals surface area contributed by atoms with Crippen LogP contribution in [0.15, 0.2) is 28.7 Å². The normalized spacial score (nSPS) is 20.5. The van der Waals surface area contributed by atoms with Crippen LogP contribution in [-0.4, -0.2) is 24.1 Å². The first-order valence-corrected chi connectivity index (χ1v) is 6.42. The highest BCUT2D eigenvalue weighted by Crippen LogP contribution is 2.24. The number of halogens is 2. The molecule has 0 saturated carbocycles. The van der Waals surface area contributed by atoms with Gasteiger partial charge in [-0.05, 0) is 18.2 Å². The number of ether oxygens (including phenoxy) is 1. The number of anilines is 1. The van der Waals surface area contributed by atoms with Crippen molar-refractivity contribution in [2.24, 2.45) is 0 Å². The lowest BCUT2D eigenvalue weighted by Crippen LogP contribution is -2.24. The molecular formula is C10H9Br2NO2. The first-order valence-electron chi connectivity index (χ1n) is 4.50. The fourth-order valence-corrected chi connectivity index (χ4v) is 2.18. The lowest BCUT2D eigenvalue weighted by Gasteiger charge is -2.12. The molecule has 3 nitrogen and oxygen atoms in total. The Hall–Kier alpha value is -0.550. The van der Waals surface area contributed by atoms with Crippen LogP contribution in [0, 0.1) is 0 Å². The van der Waals surface area contributed by atoms with Crippen molar-refractivity contribution in [3.63, 3.8) is 0 Å². The molecule has 5 heteroatoms. The van der Waals surface area contributed by atoms with E-state index in [2.05, 4.69) is 31.9 Å². The highest BCUT2D eigenvalue weighted by Gasteiger charge is 2.31. The van der Waals surface area contributed by atoms with E-state index in [1.807, 2.05) is 24.3 Å². The number of cyclic esters (lactones) is 1. The van der Waals surface area contributed by atoms with Crippen LogP contribution in [0.4, 0.5) is 10.5 Å². The third-order valence-corrected chi connectivity index (χ3v) is 3.38. The number of hydrogen-bond acceptors (Lipinski definition) is 2. The molecule has 0 bridgehead atoms. The van der Waals surface area contributed by atoms with Gasteiger partial charge in [0.25, 0.3) is 0 Å². The third kappa shape index (κ3) is 2.34. The van der Waals surface area contributed by atoms with Crippen LogP contribution in [0.2, 0.25) is 0 Å². The highest BCUT2D eigenvalue weighted by molar-refractivity contribution is 9.10. The number of benzene rings is 1. The monoisotopic (exact) mass is 333 g/mol. The number of hydrogen-bond donors (Lipinski definition) is 0. The zero-order chi connectivity index (χ0) is 10.8. The number of rotatable bonds is 2. The summed E-state index contributed by atoms with van der Waals surface area (Å²) in [5, 5.41) is 0.670. The minimum absolute atomic E-state index is 0.0588. The average molecular weight is 335 g/mol. The fourth-order valence-electron chi connectivity index (χ4n) is 1.46. The molecule has 1 aromatic rings. The first kappa shape index (κ1) is 11.0. The van der Waals surface area contributed by atoms with Crippen molar-refractivity contribution in [2.45, 2.75) is 6.10 Å². The van der Waals surface area contributed by atoms with E-state index in [0.29, 0.717) is 11.9 Å². The Bertz CT molecular complexity index is 383. The summed E-state index contributed by atoms with van der Waals surface area (Å²) in [6, 6.07) is 7.61. The van der Waals surface area contributed by atoms with Gasteiger partial charge in [-0.1, -0.05) is 37.9 Å². The van der Waals surface area contributed by atoms with Crippen molar-refractivity contribution in [3.8, 4) is 0 Å². The molecular weight excluding hydrogens is 326 g/mol. The average Bonchev–Trinajstić information content (AvgIpc) is 2.60. The van der Waals surface area contributed by atoms with Crippen LogP contribution in [0.25, 0.3) is 0 Å². The van der Waals surface area contributed by atoms with Gasteiger partial charge in [0.1, 0.15) is 6.10 Å². The molecule has 1 unspecified atom stereocenters. The van der Waals surface area contributed by atoms with E-state index >= 15 is 0 Å². The molecule has 1 aromatic carbocycles. The molecule has 0 aliphatic carbocycles. The van der Waals surface area contributed by atoms with E-state index in [4.69, 9.17) is 4.74 Å². The summed E-state index contributed by atoms with van der Waals surface area (Å²) < 4.78 is 6.10. The maximum Gasteiger partial charge on any atom is 0.414 e. The molecule has 1 aliphatic heterocycles. The molecule has 1 heterocycles. The Kier molecular flexibility index (Phi) is 3.31. The van der Waals surface area contributed by atoms with Crippen LogP contribution in [0.5, 0.6) is 0 Å². The Morgan fingerprint density at radius 2 is 2.33 bits per heavy atom. The van der Waals surface area contributed by atoms with E-state index < -0.39 is 0 Å². The largest absolute Gasteiger partial charge is 0.443 e. The second-order valence-corrected chi connectivity index (χ2v) is 4.81. The van der Waals surface area contributed by atoms with E-state index in [1.165, 1.54) is 0 Å². The van der Waals surface area contributed by atoms with Gasteiger partial charge in [-0.3, -0.25) is 4.90 Å². The second kappa shape index (κ2) is 4.53. The van der Waals surface area contributed by atoms with Gasteiger partial charge >= 0.3 is 6.09 Å². The molecule has 1 saturated heterocycles. The summed E-state index contributed by atoms with van der Waals surface area (Å²) in [6.07, 6.45) is -0.339. The Balaban J connectivity index is 2.21. The van der Waals surface area contributed by atoms with Crippen LogP contribution >= 0.6 is 31.9 Å². The maximum atomic E-state index is 11.5. The summed E-state index contributed by atoms with van der Waals surface area (Å²) in [5.74, 6) is 0. The molecule has 1 aliphatic rings. The Labute approximate surface area is 105 Å². The summed E-state index contributed by atoms with van der Waals surface area (Å²) in [4.78, 5) is 13.2. The lowest BCUT2D eigenvalue weighted by molar-refractivity contribution is 0.152. The predicted molar refractivity (Wildman–Crippen MR) is 65.6 cm³/mol. The van der Waals surface area contributed by atoms with Crippen molar-refractivity contribution >= 4 is 43.6 Å². The second-order valence-electron chi connectivity index (χ2n) is 3.25. The standard InChI is InChI=1S/C10H9Br2NO2/c11-5-9-6-13(10(14)15-9)8-3-1-2-7(12)4-8/h1-4,9H,5-6H2. The van der Waals surface area contributed by atoms with Gasteiger partial charge in [0, 0.05) is 15.5 Å². The molecule has 0 aromatic heterocycles. The van der Waals surface area contributed by atoms with Crippen molar-refractivity contribution in [3.05, 3.63) is 28.7 Å². The molecule has 2 rings (SSSR count). The minimum atomic E-state index is -0.280. The number of alkyl halides is 1. The van der Waals surface area contributed by atoms with Crippen molar-refractivity contribution < 1.29 is 9.53 Å². The summed E-state index contributed by atoms with van der Waals surface area (Å²) in [7, 11) is 0. The van der Waals surface area contributed by atoms with Gasteiger partial charge in [-0.15, -0.1) is 0 Å². The van der Waals surface area contributed by atoms with Crippen LogP contribution in [0.3, 0.4) is 0 Å². The number of nitrogens with zero attached hydrogens (tertiary/aromatic N) is 1. The summed E-state index contributed by atoms with van der Waals surface area (Å²) >= 11 is 6.68. The van der Waals surface area contributed by atoms with E-state index in [9.17, 15) is 4.79 Å². The van der Waals surface area contributed by atoms with Gasteiger partial charge < -0.3 is 4.74 Å². The van der Waals surface area contributed by atoms with Gasteiger partial charge in [-0.25, -0.2) is 4.79 Å². The molecule has 1 fully saturated rings. The third-order valence-electron chi connectivity index (χ3n) is 2.17. The SMILES string of the molecule is O=C1OC(CBr)CN1c1cccc(Br)c1. The first-order chi connectivity index (χ1) is 7.20. The summed E-state index contributed by atoms with van der Waals surface area (Å²) in [6.45, 7) is 0.598. The van der Waals surface area contributed by atoms with Crippen LogP contribution in [0.1, 0.15) is 0 Å². The van der Waals surface area contributed by atoms with Gasteiger partial charge in [-0.2, -0.15) is 0 Å². The van der Waals surface area contributed by atoms with Gasteiger partial charge in [0.2, 0.25) is 0 Å². The highest BCUT2D eigenvalue weighted by atomic mass is 79.9. The van der Waals surface area contributed by atoms with Gasteiger partial charge in [0.15, 0.2) is 0 Å². The molecule has 15 heavy (non-hydrogen) atoms. The number of carbonyl (C=O) groups is 1. The Morgan fingerprint density at radius 3 is 2.93 bits per heavy atom. The molecule has 1 amide bonds. The lowest BCUT2D eigenvalue weighted by atomic mass is 10.3. The van der Waals surface area contributed by atoms with E-state index in [-0.39, 0.29) is 12.2 Å². The zero-order valence-electron chi connectivity index (χ0n) is 7.82. The zero-order valence-corrected chi connectivity index (χ0v) is 11.0. The van der Waals surface area contributed by atoms with Gasteiger partial charge in [0.05, 0.1) is 6.54 Å². The van der Waals surface area contributed by atoms with Crippen LogP contribution < -0.4 is 4.90 Å². The molecule has 0 spiro atoms. The molecule has 0 N–H and O–H groups in total. The molecule has 1 atom stereocenters. The van der Waals surface area contributed by atoms with Crippen molar-refractivity contribution in [2.75, 3.05) is 16.8 Å². The fraction of sp³-hybridized carbons (Fsp3) is 0.300. The number of carbonyl (C=O) groups excluding carboxylic acids is 1. The molecule has 0 radical (unpaired) electrons. The van der Waals surface area contributed by atoms with Crippen molar-refractivity contribution in [1.29, 1.82) is 0 Å². The number of amides is 1. The van der Waals surface area contributed by atoms with Crippen LogP contribution in [-0.2, 0) is 4.74 Å². The maximum absolute atomic E-state index is 11.5. The quantitative estimate of drug-likeness (QED) is 0.777. The van der Waals surface area contributed by atoms with Crippen molar-refractivity contribution in [1.82, 2.24) is 0 Å².